The average molecular weight is 358 g/mol. The molecule has 0 saturated carbocycles. The van der Waals surface area contributed by atoms with Crippen LogP contribution in [0.5, 0.6) is 11.5 Å². The minimum absolute atomic E-state index is 0.162. The van der Waals surface area contributed by atoms with Crippen molar-refractivity contribution in [3.05, 3.63) is 57.0 Å². The molecular weight excluding hydrogens is 344 g/mol. The molecule has 0 aromatic heterocycles. The van der Waals surface area contributed by atoms with Crippen molar-refractivity contribution in [3.8, 4) is 11.5 Å². The Morgan fingerprint density at radius 2 is 2.05 bits per heavy atom. The highest BCUT2D eigenvalue weighted by Gasteiger charge is 2.12. The quantitative estimate of drug-likeness (QED) is 0.872. The molecule has 0 aliphatic heterocycles. The van der Waals surface area contributed by atoms with E-state index in [0.29, 0.717) is 28.7 Å². The van der Waals surface area contributed by atoms with Crippen molar-refractivity contribution in [2.24, 2.45) is 0 Å². The van der Waals surface area contributed by atoms with Gasteiger partial charge in [0.2, 0.25) is 0 Å². The summed E-state index contributed by atoms with van der Waals surface area (Å²) in [5.74, 6) is 1.02. The maximum absolute atomic E-state index is 9.40. The third-order valence-corrected chi connectivity index (χ3v) is 3.47. The van der Waals surface area contributed by atoms with Crippen LogP contribution in [0, 0.1) is 0 Å². The van der Waals surface area contributed by atoms with Crippen LogP contribution in [-0.4, -0.2) is 12.2 Å². The van der Waals surface area contributed by atoms with Gasteiger partial charge in [0.25, 0.3) is 0 Å². The molecule has 2 rings (SSSR count). The monoisotopic (exact) mass is 356 g/mol. The molecule has 0 amide bonds. The first kappa shape index (κ1) is 15.2. The van der Waals surface area contributed by atoms with E-state index in [0.717, 1.165) is 10.0 Å². The summed E-state index contributed by atoms with van der Waals surface area (Å²) in [4.78, 5) is 0. The van der Waals surface area contributed by atoms with Crippen molar-refractivity contribution in [1.82, 2.24) is 0 Å². The second-order valence-electron chi connectivity index (χ2n) is 4.17. The summed E-state index contributed by atoms with van der Waals surface area (Å²) in [6.07, 6.45) is 0. The molecule has 2 aromatic carbocycles. The van der Waals surface area contributed by atoms with Crippen LogP contribution >= 0.6 is 27.5 Å². The minimum Gasteiger partial charge on any atom is -0.493 e. The van der Waals surface area contributed by atoms with Gasteiger partial charge in [-0.2, -0.15) is 0 Å². The number of hydrogen-bond acceptors (Lipinski definition) is 3. The predicted molar refractivity (Wildman–Crippen MR) is 82.4 cm³/mol. The fourth-order valence-electron chi connectivity index (χ4n) is 1.84. The zero-order chi connectivity index (χ0) is 14.5. The average Bonchev–Trinajstić information content (AvgIpc) is 2.45. The lowest BCUT2D eigenvalue weighted by Crippen LogP contribution is -2.01. The van der Waals surface area contributed by atoms with Crippen LogP contribution in [-0.2, 0) is 13.2 Å². The number of rotatable bonds is 5. The Labute approximate surface area is 131 Å². The number of halogens is 2. The third kappa shape index (κ3) is 3.66. The minimum atomic E-state index is -0.162. The van der Waals surface area contributed by atoms with E-state index in [2.05, 4.69) is 15.9 Å². The number of hydrogen-bond donors (Lipinski definition) is 1. The van der Waals surface area contributed by atoms with Gasteiger partial charge in [-0.3, -0.25) is 0 Å². The van der Waals surface area contributed by atoms with Crippen molar-refractivity contribution in [2.75, 3.05) is 7.11 Å². The molecule has 0 bridgehead atoms. The highest BCUT2D eigenvalue weighted by Crippen LogP contribution is 2.35. The zero-order valence-electron chi connectivity index (χ0n) is 10.9. The first-order valence-corrected chi connectivity index (χ1v) is 7.15. The standard InChI is InChI=1S/C15H14BrClO3/c1-19-14-7-13(17)6-11(8-18)15(14)20-9-10-3-2-4-12(16)5-10/h2-7,18H,8-9H2,1H3. The van der Waals surface area contributed by atoms with Gasteiger partial charge in [-0.05, 0) is 23.8 Å². The van der Waals surface area contributed by atoms with Gasteiger partial charge in [0, 0.05) is 21.1 Å². The Morgan fingerprint density at radius 1 is 1.25 bits per heavy atom. The first-order chi connectivity index (χ1) is 9.63. The molecule has 0 saturated heterocycles. The Hall–Kier alpha value is -1.23. The van der Waals surface area contributed by atoms with E-state index in [1.54, 1.807) is 19.2 Å². The van der Waals surface area contributed by atoms with Crippen molar-refractivity contribution >= 4 is 27.5 Å². The SMILES string of the molecule is COc1cc(Cl)cc(CO)c1OCc1cccc(Br)c1. The van der Waals surface area contributed by atoms with Crippen LogP contribution in [0.15, 0.2) is 40.9 Å². The lowest BCUT2D eigenvalue weighted by atomic mass is 10.2. The maximum atomic E-state index is 9.40. The van der Waals surface area contributed by atoms with Crippen LogP contribution in [0.2, 0.25) is 5.02 Å². The summed E-state index contributed by atoms with van der Waals surface area (Å²) in [6.45, 7) is 0.217. The van der Waals surface area contributed by atoms with E-state index in [-0.39, 0.29) is 6.61 Å². The molecular formula is C15H14BrClO3. The van der Waals surface area contributed by atoms with Crippen LogP contribution in [0.4, 0.5) is 0 Å². The van der Waals surface area contributed by atoms with Crippen molar-refractivity contribution in [3.63, 3.8) is 0 Å². The fraction of sp³-hybridized carbons (Fsp3) is 0.200. The largest absolute Gasteiger partial charge is 0.493 e. The van der Waals surface area contributed by atoms with Gasteiger partial charge in [0.05, 0.1) is 13.7 Å². The predicted octanol–water partition coefficient (Wildman–Crippen LogP) is 4.18. The maximum Gasteiger partial charge on any atom is 0.167 e. The Balaban J connectivity index is 2.24. The Morgan fingerprint density at radius 3 is 2.70 bits per heavy atom. The van der Waals surface area contributed by atoms with Gasteiger partial charge >= 0.3 is 0 Å². The summed E-state index contributed by atoms with van der Waals surface area (Å²) in [7, 11) is 1.54. The highest BCUT2D eigenvalue weighted by molar-refractivity contribution is 9.10. The van der Waals surface area contributed by atoms with Gasteiger partial charge in [-0.15, -0.1) is 0 Å². The van der Waals surface area contributed by atoms with E-state index in [1.165, 1.54) is 0 Å². The summed E-state index contributed by atoms with van der Waals surface area (Å²) >= 11 is 9.38. The van der Waals surface area contributed by atoms with Gasteiger partial charge in [0.15, 0.2) is 11.5 Å². The van der Waals surface area contributed by atoms with Crippen LogP contribution in [0.1, 0.15) is 11.1 Å². The molecule has 20 heavy (non-hydrogen) atoms. The summed E-state index contributed by atoms with van der Waals surface area (Å²) in [5.41, 5.74) is 1.62. The van der Waals surface area contributed by atoms with E-state index >= 15 is 0 Å². The number of ether oxygens (including phenoxy) is 2. The summed E-state index contributed by atoms with van der Waals surface area (Å²) in [6, 6.07) is 11.2. The second kappa shape index (κ2) is 6.97. The molecule has 0 unspecified atom stereocenters. The molecule has 0 spiro atoms. The third-order valence-electron chi connectivity index (χ3n) is 2.76. The fourth-order valence-corrected chi connectivity index (χ4v) is 2.52. The summed E-state index contributed by atoms with van der Waals surface area (Å²) in [5, 5.41) is 9.90. The van der Waals surface area contributed by atoms with Crippen LogP contribution < -0.4 is 9.47 Å². The normalized spacial score (nSPS) is 10.4. The van der Waals surface area contributed by atoms with Crippen LogP contribution in [0.3, 0.4) is 0 Å². The lowest BCUT2D eigenvalue weighted by molar-refractivity contribution is 0.250. The second-order valence-corrected chi connectivity index (χ2v) is 5.53. The molecule has 0 fully saturated rings. The molecule has 0 aliphatic carbocycles. The molecule has 0 heterocycles. The van der Waals surface area contributed by atoms with Gasteiger partial charge in [0.1, 0.15) is 6.61 Å². The smallest absolute Gasteiger partial charge is 0.167 e. The van der Waals surface area contributed by atoms with Gasteiger partial charge in [-0.25, -0.2) is 0 Å². The molecule has 0 radical (unpaired) electrons. The van der Waals surface area contributed by atoms with Gasteiger partial charge < -0.3 is 14.6 Å². The number of aliphatic hydroxyl groups excluding tert-OH is 1. The first-order valence-electron chi connectivity index (χ1n) is 5.98. The van der Waals surface area contributed by atoms with Crippen LogP contribution in [0.25, 0.3) is 0 Å². The van der Waals surface area contributed by atoms with Crippen molar-refractivity contribution < 1.29 is 14.6 Å². The highest BCUT2D eigenvalue weighted by atomic mass is 79.9. The van der Waals surface area contributed by atoms with E-state index in [9.17, 15) is 5.11 Å². The lowest BCUT2D eigenvalue weighted by Gasteiger charge is -2.15. The molecule has 1 N–H and O–H groups in total. The molecule has 2 aromatic rings. The molecule has 0 aliphatic rings. The Kier molecular flexibility index (Phi) is 5.29. The van der Waals surface area contributed by atoms with Crippen molar-refractivity contribution in [2.45, 2.75) is 13.2 Å². The molecule has 3 nitrogen and oxygen atoms in total. The molecule has 0 atom stereocenters. The van der Waals surface area contributed by atoms with E-state index in [1.807, 2.05) is 24.3 Å². The topological polar surface area (TPSA) is 38.7 Å². The van der Waals surface area contributed by atoms with Gasteiger partial charge in [-0.1, -0.05) is 39.7 Å². The molecule has 106 valence electrons. The van der Waals surface area contributed by atoms with Crippen molar-refractivity contribution in [1.29, 1.82) is 0 Å². The number of aliphatic hydroxyl groups is 1. The number of methoxy groups -OCH3 is 1. The van der Waals surface area contributed by atoms with E-state index < -0.39 is 0 Å². The van der Waals surface area contributed by atoms with E-state index in [4.69, 9.17) is 21.1 Å². The molecule has 5 heteroatoms. The zero-order valence-corrected chi connectivity index (χ0v) is 13.2. The summed E-state index contributed by atoms with van der Waals surface area (Å²) < 4.78 is 12.0. The number of benzene rings is 2. The Bertz CT molecular complexity index is 576.